The molecule has 0 aromatic heterocycles. The van der Waals surface area contributed by atoms with Crippen LogP contribution in [0.4, 0.5) is 0 Å². The number of ether oxygens (including phenoxy) is 1. The molecule has 0 radical (unpaired) electrons. The standard InChI is InChI=1S/C11H22NO2/c1-7-10(13)12(5,6)8-9-14-11(2,3)4/h7H,1,8-9H2,2-6H3/q+1. The molecule has 0 aliphatic carbocycles. The van der Waals surface area contributed by atoms with E-state index in [1.54, 1.807) is 0 Å². The van der Waals surface area contributed by atoms with Crippen molar-refractivity contribution in [2.45, 2.75) is 26.4 Å². The highest BCUT2D eigenvalue weighted by atomic mass is 16.5. The topological polar surface area (TPSA) is 26.3 Å². The Morgan fingerprint density at radius 2 is 1.93 bits per heavy atom. The summed E-state index contributed by atoms with van der Waals surface area (Å²) in [7, 11) is 3.71. The van der Waals surface area contributed by atoms with Gasteiger partial charge in [-0.1, -0.05) is 6.58 Å². The second kappa shape index (κ2) is 4.71. The van der Waals surface area contributed by atoms with Gasteiger partial charge in [-0.15, -0.1) is 0 Å². The minimum absolute atomic E-state index is 0.0162. The molecule has 0 aliphatic heterocycles. The van der Waals surface area contributed by atoms with Gasteiger partial charge in [-0.05, 0) is 20.8 Å². The molecule has 0 fully saturated rings. The molecule has 0 aliphatic rings. The maximum Gasteiger partial charge on any atom is 0.337 e. The van der Waals surface area contributed by atoms with Crippen molar-refractivity contribution in [2.24, 2.45) is 0 Å². The Morgan fingerprint density at radius 3 is 2.29 bits per heavy atom. The second-order valence-electron chi connectivity index (χ2n) is 4.91. The van der Waals surface area contributed by atoms with Gasteiger partial charge < -0.3 is 4.74 Å². The van der Waals surface area contributed by atoms with Gasteiger partial charge in [0.2, 0.25) is 0 Å². The van der Waals surface area contributed by atoms with Crippen molar-refractivity contribution in [1.82, 2.24) is 0 Å². The molecule has 0 saturated heterocycles. The number of carbonyl (C=O) groups excluding carboxylic acids is 1. The Bertz CT molecular complexity index is 214. The SMILES string of the molecule is C=CC(=O)[N+](C)(C)CCOC(C)(C)C. The number of carbonyl (C=O) groups is 1. The number of rotatable bonds is 4. The first-order valence-electron chi connectivity index (χ1n) is 4.83. The van der Waals surface area contributed by atoms with Crippen LogP contribution < -0.4 is 0 Å². The van der Waals surface area contributed by atoms with E-state index in [9.17, 15) is 4.79 Å². The van der Waals surface area contributed by atoms with Gasteiger partial charge in [0.25, 0.3) is 0 Å². The Morgan fingerprint density at radius 1 is 1.43 bits per heavy atom. The van der Waals surface area contributed by atoms with E-state index in [1.165, 1.54) is 6.08 Å². The number of nitrogens with zero attached hydrogens (tertiary/aromatic N) is 1. The van der Waals surface area contributed by atoms with Crippen LogP contribution in [0.5, 0.6) is 0 Å². The van der Waals surface area contributed by atoms with E-state index in [0.29, 0.717) is 17.6 Å². The molecule has 1 amide bonds. The van der Waals surface area contributed by atoms with Crippen molar-refractivity contribution in [3.8, 4) is 0 Å². The van der Waals surface area contributed by atoms with Gasteiger partial charge in [-0.3, -0.25) is 4.48 Å². The van der Waals surface area contributed by atoms with E-state index in [2.05, 4.69) is 6.58 Å². The smallest absolute Gasteiger partial charge is 0.337 e. The zero-order valence-electron chi connectivity index (χ0n) is 9.96. The molecular weight excluding hydrogens is 178 g/mol. The summed E-state index contributed by atoms with van der Waals surface area (Å²) in [6.45, 7) is 10.7. The van der Waals surface area contributed by atoms with Gasteiger partial charge in [0.15, 0.2) is 0 Å². The fraction of sp³-hybridized carbons (Fsp3) is 0.727. The number of hydrogen-bond acceptors (Lipinski definition) is 2. The summed E-state index contributed by atoms with van der Waals surface area (Å²) in [4.78, 5) is 11.4. The normalized spacial score (nSPS) is 12.6. The summed E-state index contributed by atoms with van der Waals surface area (Å²) >= 11 is 0. The van der Waals surface area contributed by atoms with Crippen LogP contribution in [0.1, 0.15) is 20.8 Å². The summed E-state index contributed by atoms with van der Waals surface area (Å²) in [6, 6.07) is 0. The Labute approximate surface area is 86.9 Å². The fourth-order valence-corrected chi connectivity index (χ4v) is 0.937. The molecule has 0 aromatic carbocycles. The summed E-state index contributed by atoms with van der Waals surface area (Å²) in [6.07, 6.45) is 1.36. The third-order valence-corrected chi connectivity index (χ3v) is 1.96. The van der Waals surface area contributed by atoms with E-state index in [1.807, 2.05) is 34.9 Å². The van der Waals surface area contributed by atoms with Crippen LogP contribution in [0.3, 0.4) is 0 Å². The van der Waals surface area contributed by atoms with Crippen molar-refractivity contribution >= 4 is 5.91 Å². The number of quaternary nitrogens is 1. The first-order chi connectivity index (χ1) is 6.19. The number of hydrogen-bond donors (Lipinski definition) is 0. The van der Waals surface area contributed by atoms with Crippen molar-refractivity contribution < 1.29 is 14.0 Å². The van der Waals surface area contributed by atoms with E-state index in [0.717, 1.165) is 0 Å². The minimum atomic E-state index is -0.142. The zero-order valence-corrected chi connectivity index (χ0v) is 9.96. The predicted octanol–water partition coefficient (Wildman–Crippen LogP) is 1.59. The lowest BCUT2D eigenvalue weighted by molar-refractivity contribution is -0.812. The molecule has 82 valence electrons. The Balaban J connectivity index is 4.00. The molecular formula is C11H22NO2+. The van der Waals surface area contributed by atoms with E-state index in [4.69, 9.17) is 4.74 Å². The molecule has 0 N–H and O–H groups in total. The lowest BCUT2D eigenvalue weighted by Gasteiger charge is -2.27. The van der Waals surface area contributed by atoms with Crippen LogP contribution in [-0.2, 0) is 9.53 Å². The molecule has 0 aromatic rings. The highest BCUT2D eigenvalue weighted by molar-refractivity contribution is 5.80. The molecule has 0 bridgehead atoms. The first kappa shape index (κ1) is 13.3. The molecule has 3 nitrogen and oxygen atoms in total. The van der Waals surface area contributed by atoms with Gasteiger partial charge in [0.05, 0.1) is 26.3 Å². The van der Waals surface area contributed by atoms with Crippen LogP contribution in [0.2, 0.25) is 0 Å². The van der Waals surface area contributed by atoms with Gasteiger partial charge >= 0.3 is 5.91 Å². The average molecular weight is 200 g/mol. The van der Waals surface area contributed by atoms with Gasteiger partial charge in [-0.25, -0.2) is 4.79 Å². The highest BCUT2D eigenvalue weighted by Crippen LogP contribution is 2.07. The molecule has 14 heavy (non-hydrogen) atoms. The van der Waals surface area contributed by atoms with Crippen molar-refractivity contribution in [3.05, 3.63) is 12.7 Å². The molecule has 0 unspecified atom stereocenters. The molecule has 0 spiro atoms. The van der Waals surface area contributed by atoms with Crippen LogP contribution in [0.25, 0.3) is 0 Å². The minimum Gasteiger partial charge on any atom is -0.370 e. The molecule has 0 heterocycles. The Hall–Kier alpha value is -0.670. The van der Waals surface area contributed by atoms with Crippen molar-refractivity contribution in [1.29, 1.82) is 0 Å². The quantitative estimate of drug-likeness (QED) is 0.509. The fourth-order valence-electron chi connectivity index (χ4n) is 0.937. The number of likely N-dealkylation sites (N-methyl/N-ethyl adjacent to an activating group) is 1. The lowest BCUT2D eigenvalue weighted by atomic mass is 10.2. The monoisotopic (exact) mass is 200 g/mol. The van der Waals surface area contributed by atoms with Crippen molar-refractivity contribution in [3.63, 3.8) is 0 Å². The van der Waals surface area contributed by atoms with Crippen LogP contribution in [-0.4, -0.2) is 43.2 Å². The summed E-state index contributed by atoms with van der Waals surface area (Å²) < 4.78 is 5.85. The van der Waals surface area contributed by atoms with Crippen LogP contribution in [0.15, 0.2) is 12.7 Å². The van der Waals surface area contributed by atoms with Gasteiger partial charge in [-0.2, -0.15) is 0 Å². The summed E-state index contributed by atoms with van der Waals surface area (Å²) in [5.41, 5.74) is -0.142. The van der Waals surface area contributed by atoms with Crippen LogP contribution in [0, 0.1) is 0 Å². The maximum absolute atomic E-state index is 11.4. The predicted molar refractivity (Wildman–Crippen MR) is 57.9 cm³/mol. The van der Waals surface area contributed by atoms with Gasteiger partial charge in [0.1, 0.15) is 6.54 Å². The zero-order chi connectivity index (χ0) is 11.4. The third kappa shape index (κ3) is 5.14. The van der Waals surface area contributed by atoms with Gasteiger partial charge in [0, 0.05) is 6.08 Å². The highest BCUT2D eigenvalue weighted by Gasteiger charge is 2.23. The second-order valence-corrected chi connectivity index (χ2v) is 4.91. The van der Waals surface area contributed by atoms with Crippen LogP contribution >= 0.6 is 0 Å². The average Bonchev–Trinajstić information content (AvgIpc) is 2.00. The van der Waals surface area contributed by atoms with E-state index in [-0.39, 0.29) is 11.5 Å². The largest absolute Gasteiger partial charge is 0.370 e. The summed E-state index contributed by atoms with van der Waals surface area (Å²) in [5, 5.41) is 0. The lowest BCUT2D eigenvalue weighted by Crippen LogP contribution is -2.47. The molecule has 0 atom stereocenters. The Kier molecular flexibility index (Phi) is 4.49. The van der Waals surface area contributed by atoms with E-state index >= 15 is 0 Å². The third-order valence-electron chi connectivity index (χ3n) is 1.96. The first-order valence-corrected chi connectivity index (χ1v) is 4.83. The molecule has 0 rings (SSSR count). The number of amides is 1. The molecule has 3 heteroatoms. The summed E-state index contributed by atoms with van der Waals surface area (Å²) in [5.74, 6) is 0.0162. The van der Waals surface area contributed by atoms with Crippen molar-refractivity contribution in [2.75, 3.05) is 27.2 Å². The molecule has 0 saturated carbocycles. The van der Waals surface area contributed by atoms with E-state index < -0.39 is 0 Å². The maximum atomic E-state index is 11.4.